The first-order valence-electron chi connectivity index (χ1n) is 6.96. The summed E-state index contributed by atoms with van der Waals surface area (Å²) in [5.41, 5.74) is 3.19. The lowest BCUT2D eigenvalue weighted by Crippen LogP contribution is -2.13. The van der Waals surface area contributed by atoms with Crippen molar-refractivity contribution in [1.82, 2.24) is 14.6 Å². The minimum absolute atomic E-state index is 0.307. The number of anilines is 1. The first-order chi connectivity index (χ1) is 11.0. The summed E-state index contributed by atoms with van der Waals surface area (Å²) < 4.78 is 6.87. The van der Waals surface area contributed by atoms with Gasteiger partial charge in [0.1, 0.15) is 11.3 Å². The van der Waals surface area contributed by atoms with Gasteiger partial charge in [-0.25, -0.2) is 9.50 Å². The minimum Gasteiger partial charge on any atom is -0.495 e. The van der Waals surface area contributed by atoms with Gasteiger partial charge in [-0.15, -0.1) is 0 Å². The highest BCUT2D eigenvalue weighted by Crippen LogP contribution is 2.28. The molecule has 0 bridgehead atoms. The molecule has 1 amide bonds. The summed E-state index contributed by atoms with van der Waals surface area (Å²) in [6.07, 6.45) is 1.51. The summed E-state index contributed by atoms with van der Waals surface area (Å²) in [6.45, 7) is 3.79. The fourth-order valence-electron chi connectivity index (χ4n) is 2.39. The van der Waals surface area contributed by atoms with E-state index in [1.807, 2.05) is 19.9 Å². The second kappa shape index (κ2) is 5.89. The van der Waals surface area contributed by atoms with E-state index in [2.05, 4.69) is 15.4 Å². The molecule has 23 heavy (non-hydrogen) atoms. The third-order valence-electron chi connectivity index (χ3n) is 3.43. The smallest absolute Gasteiger partial charge is 0.261 e. The van der Waals surface area contributed by atoms with Crippen LogP contribution in [0.2, 0.25) is 5.02 Å². The molecule has 3 aromatic rings. The third kappa shape index (κ3) is 2.85. The zero-order valence-electron chi connectivity index (χ0n) is 12.9. The summed E-state index contributed by atoms with van der Waals surface area (Å²) in [7, 11) is 1.52. The van der Waals surface area contributed by atoms with Gasteiger partial charge in [-0.05, 0) is 32.0 Å². The van der Waals surface area contributed by atoms with Crippen molar-refractivity contribution in [2.24, 2.45) is 0 Å². The number of methoxy groups -OCH3 is 1. The summed E-state index contributed by atoms with van der Waals surface area (Å²) in [5, 5.41) is 7.56. The highest BCUT2D eigenvalue weighted by atomic mass is 35.5. The van der Waals surface area contributed by atoms with Crippen LogP contribution >= 0.6 is 11.6 Å². The number of nitrogens with one attached hydrogen (secondary N) is 1. The molecule has 0 saturated carbocycles. The molecular formula is C16H15ClN4O2. The summed E-state index contributed by atoms with van der Waals surface area (Å²) in [4.78, 5) is 17.0. The van der Waals surface area contributed by atoms with Crippen LogP contribution in [0.1, 0.15) is 21.7 Å². The molecule has 7 heteroatoms. The van der Waals surface area contributed by atoms with Crippen LogP contribution in [0.15, 0.2) is 30.5 Å². The largest absolute Gasteiger partial charge is 0.495 e. The van der Waals surface area contributed by atoms with E-state index < -0.39 is 0 Å². The minimum atomic E-state index is -0.307. The Morgan fingerprint density at radius 1 is 1.30 bits per heavy atom. The summed E-state index contributed by atoms with van der Waals surface area (Å²) in [6, 6.07) is 6.92. The first-order valence-corrected chi connectivity index (χ1v) is 7.34. The van der Waals surface area contributed by atoms with Crippen molar-refractivity contribution in [1.29, 1.82) is 0 Å². The van der Waals surface area contributed by atoms with Gasteiger partial charge in [-0.3, -0.25) is 4.79 Å². The zero-order valence-corrected chi connectivity index (χ0v) is 13.7. The second-order valence-electron chi connectivity index (χ2n) is 5.13. The van der Waals surface area contributed by atoms with Crippen LogP contribution in [0.25, 0.3) is 5.65 Å². The Bertz CT molecular complexity index is 904. The van der Waals surface area contributed by atoms with Crippen molar-refractivity contribution in [2.45, 2.75) is 13.8 Å². The van der Waals surface area contributed by atoms with Gasteiger partial charge < -0.3 is 10.1 Å². The number of fused-ring (bicyclic) bond motifs is 1. The second-order valence-corrected chi connectivity index (χ2v) is 5.57. The molecule has 1 N–H and O–H groups in total. The summed E-state index contributed by atoms with van der Waals surface area (Å²) in [5.74, 6) is 0.181. The molecule has 0 fully saturated rings. The SMILES string of the molecule is COc1cc(Cl)ccc1NC(=O)c1cnn2c(C)cc(C)nc12. The number of rotatable bonds is 3. The zero-order chi connectivity index (χ0) is 16.6. The molecule has 0 spiro atoms. The predicted octanol–water partition coefficient (Wildman–Crippen LogP) is 3.26. The van der Waals surface area contributed by atoms with Crippen LogP contribution in [0.3, 0.4) is 0 Å². The number of ether oxygens (including phenoxy) is 1. The van der Waals surface area contributed by atoms with Crippen LogP contribution < -0.4 is 10.1 Å². The Morgan fingerprint density at radius 2 is 2.09 bits per heavy atom. The number of nitrogens with zero attached hydrogens (tertiary/aromatic N) is 3. The molecule has 1 aromatic carbocycles. The van der Waals surface area contributed by atoms with E-state index in [1.54, 1.807) is 22.7 Å². The lowest BCUT2D eigenvalue weighted by Gasteiger charge is -2.10. The number of amides is 1. The number of benzene rings is 1. The number of aryl methyl sites for hydroxylation is 2. The number of aromatic nitrogens is 3. The maximum Gasteiger partial charge on any atom is 0.261 e. The topological polar surface area (TPSA) is 68.5 Å². The van der Waals surface area contributed by atoms with Gasteiger partial charge in [-0.1, -0.05) is 11.6 Å². The first kappa shape index (κ1) is 15.3. The average molecular weight is 331 g/mol. The van der Waals surface area contributed by atoms with Crippen molar-refractivity contribution < 1.29 is 9.53 Å². The van der Waals surface area contributed by atoms with Crippen LogP contribution in [-0.4, -0.2) is 27.6 Å². The van der Waals surface area contributed by atoms with Crippen LogP contribution in [-0.2, 0) is 0 Å². The molecule has 2 aromatic heterocycles. The maximum atomic E-state index is 12.6. The Kier molecular flexibility index (Phi) is 3.92. The lowest BCUT2D eigenvalue weighted by molar-refractivity contribution is 0.102. The predicted molar refractivity (Wildman–Crippen MR) is 88.4 cm³/mol. The molecule has 0 saturated heterocycles. The van der Waals surface area contributed by atoms with Gasteiger partial charge in [0, 0.05) is 22.5 Å². The molecule has 0 radical (unpaired) electrons. The Morgan fingerprint density at radius 3 is 2.83 bits per heavy atom. The van der Waals surface area contributed by atoms with Gasteiger partial charge in [-0.2, -0.15) is 5.10 Å². The molecule has 2 heterocycles. The maximum absolute atomic E-state index is 12.6. The quantitative estimate of drug-likeness (QED) is 0.800. The van der Waals surface area contributed by atoms with Crippen LogP contribution in [0, 0.1) is 13.8 Å². The van der Waals surface area contributed by atoms with Crippen molar-refractivity contribution in [3.63, 3.8) is 0 Å². The number of carbonyl (C=O) groups excluding carboxylic acids is 1. The number of hydrogen-bond acceptors (Lipinski definition) is 4. The van der Waals surface area contributed by atoms with Crippen LogP contribution in [0.5, 0.6) is 5.75 Å². The van der Waals surface area contributed by atoms with E-state index in [4.69, 9.17) is 16.3 Å². The molecule has 0 aliphatic rings. The highest BCUT2D eigenvalue weighted by Gasteiger charge is 2.17. The number of carbonyl (C=O) groups is 1. The van der Waals surface area contributed by atoms with Gasteiger partial charge in [0.25, 0.3) is 5.91 Å². The van der Waals surface area contributed by atoms with E-state index in [0.717, 1.165) is 11.4 Å². The highest BCUT2D eigenvalue weighted by molar-refractivity contribution is 6.30. The molecule has 118 valence electrons. The van der Waals surface area contributed by atoms with Crippen molar-refractivity contribution in [3.05, 3.63) is 52.4 Å². The van der Waals surface area contributed by atoms with Gasteiger partial charge in [0.2, 0.25) is 0 Å². The van der Waals surface area contributed by atoms with Gasteiger partial charge >= 0.3 is 0 Å². The van der Waals surface area contributed by atoms with Crippen LogP contribution in [0.4, 0.5) is 5.69 Å². The van der Waals surface area contributed by atoms with E-state index in [-0.39, 0.29) is 5.91 Å². The van der Waals surface area contributed by atoms with E-state index in [1.165, 1.54) is 13.3 Å². The van der Waals surface area contributed by atoms with Crippen molar-refractivity contribution in [2.75, 3.05) is 12.4 Å². The number of hydrogen-bond donors (Lipinski definition) is 1. The summed E-state index contributed by atoms with van der Waals surface area (Å²) >= 11 is 5.93. The third-order valence-corrected chi connectivity index (χ3v) is 3.67. The monoisotopic (exact) mass is 330 g/mol. The molecule has 0 atom stereocenters. The lowest BCUT2D eigenvalue weighted by atomic mass is 10.2. The molecule has 0 unspecified atom stereocenters. The van der Waals surface area contributed by atoms with E-state index in [0.29, 0.717) is 27.7 Å². The Balaban J connectivity index is 1.99. The Hall–Kier alpha value is -2.60. The van der Waals surface area contributed by atoms with Crippen molar-refractivity contribution in [3.8, 4) is 5.75 Å². The van der Waals surface area contributed by atoms with E-state index in [9.17, 15) is 4.79 Å². The molecule has 6 nitrogen and oxygen atoms in total. The van der Waals surface area contributed by atoms with Gasteiger partial charge in [0.15, 0.2) is 5.65 Å². The number of halogens is 1. The molecule has 3 rings (SSSR count). The van der Waals surface area contributed by atoms with Gasteiger partial charge in [0.05, 0.1) is 19.0 Å². The normalized spacial score (nSPS) is 10.8. The van der Waals surface area contributed by atoms with E-state index >= 15 is 0 Å². The fraction of sp³-hybridized carbons (Fsp3) is 0.188. The fourth-order valence-corrected chi connectivity index (χ4v) is 2.55. The molecule has 0 aliphatic carbocycles. The molecule has 0 aliphatic heterocycles. The van der Waals surface area contributed by atoms with Crippen molar-refractivity contribution >= 4 is 28.8 Å². The standard InChI is InChI=1S/C16H15ClN4O2/c1-9-6-10(2)21-15(19-9)12(8-18-21)16(22)20-13-5-4-11(17)7-14(13)23-3/h4-8H,1-3H3,(H,20,22). The molecular weight excluding hydrogens is 316 g/mol. The Labute approximate surface area is 138 Å². The average Bonchev–Trinajstić information content (AvgIpc) is 2.93.